The molecule has 178 valence electrons. The summed E-state index contributed by atoms with van der Waals surface area (Å²) < 4.78 is 74.9. The predicted molar refractivity (Wildman–Crippen MR) is 128 cm³/mol. The molecule has 0 fully saturated rings. The molecule has 5 nitrogen and oxygen atoms in total. The van der Waals surface area contributed by atoms with Gasteiger partial charge in [-0.15, -0.1) is 24.5 Å². The molecule has 34 heavy (non-hydrogen) atoms. The average Bonchev–Trinajstić information content (AvgIpc) is 3.16. The molecule has 0 unspecified atom stereocenters. The van der Waals surface area contributed by atoms with Gasteiger partial charge in [0.05, 0.1) is 22.7 Å². The van der Waals surface area contributed by atoms with Gasteiger partial charge in [-0.2, -0.15) is 0 Å². The number of ether oxygens (including phenoxy) is 2. The number of halogens is 5. The standard InChI is InChI=1S/C22H14Cl2F3NO4S2/c1-34(29,30)28(15-2-5-21-13(8-15)6-7-33-21)16-9-14(23)10-18(11-16)31-17-3-4-19(24)20(12-17)32-22(25,26)27/h2-12H,1H3. The van der Waals surface area contributed by atoms with E-state index in [1.54, 1.807) is 12.1 Å². The van der Waals surface area contributed by atoms with Crippen molar-refractivity contribution in [3.8, 4) is 17.2 Å². The first-order chi connectivity index (χ1) is 15.9. The lowest BCUT2D eigenvalue weighted by atomic mass is 10.2. The van der Waals surface area contributed by atoms with E-state index in [0.29, 0.717) is 5.69 Å². The Balaban J connectivity index is 1.73. The largest absolute Gasteiger partial charge is 0.573 e. The fourth-order valence-corrected chi connectivity index (χ4v) is 5.35. The van der Waals surface area contributed by atoms with Crippen molar-refractivity contribution < 1.29 is 31.1 Å². The van der Waals surface area contributed by atoms with Crippen LogP contribution in [-0.4, -0.2) is 21.0 Å². The normalized spacial score (nSPS) is 12.1. The maximum Gasteiger partial charge on any atom is 0.573 e. The first kappa shape index (κ1) is 24.5. The fraction of sp³-hybridized carbons (Fsp3) is 0.0909. The number of hydrogen-bond acceptors (Lipinski definition) is 5. The van der Waals surface area contributed by atoms with E-state index in [1.165, 1.54) is 41.7 Å². The van der Waals surface area contributed by atoms with Gasteiger partial charge in [0, 0.05) is 21.9 Å². The van der Waals surface area contributed by atoms with Crippen LogP contribution in [-0.2, 0) is 10.0 Å². The van der Waals surface area contributed by atoms with E-state index in [0.717, 1.165) is 26.7 Å². The Morgan fingerprint density at radius 2 is 1.68 bits per heavy atom. The quantitative estimate of drug-likeness (QED) is 0.245. The highest BCUT2D eigenvalue weighted by atomic mass is 35.5. The van der Waals surface area contributed by atoms with Gasteiger partial charge in [0.1, 0.15) is 11.5 Å². The molecular weight excluding hydrogens is 534 g/mol. The van der Waals surface area contributed by atoms with E-state index >= 15 is 0 Å². The second-order valence-corrected chi connectivity index (χ2v) is 10.7. The van der Waals surface area contributed by atoms with Crippen LogP contribution in [0.1, 0.15) is 0 Å². The summed E-state index contributed by atoms with van der Waals surface area (Å²) in [5.41, 5.74) is 0.564. The Morgan fingerprint density at radius 1 is 0.912 bits per heavy atom. The van der Waals surface area contributed by atoms with Gasteiger partial charge in [0.15, 0.2) is 5.75 Å². The van der Waals surface area contributed by atoms with Crippen LogP contribution in [0.3, 0.4) is 0 Å². The van der Waals surface area contributed by atoms with Gasteiger partial charge in [0.25, 0.3) is 0 Å². The maximum absolute atomic E-state index is 12.7. The highest BCUT2D eigenvalue weighted by molar-refractivity contribution is 7.92. The van der Waals surface area contributed by atoms with Crippen LogP contribution in [0.4, 0.5) is 24.5 Å². The molecule has 0 radical (unpaired) electrons. The van der Waals surface area contributed by atoms with Gasteiger partial charge < -0.3 is 9.47 Å². The molecular formula is C22H14Cl2F3NO4S2. The number of anilines is 2. The van der Waals surface area contributed by atoms with Crippen LogP contribution in [0.15, 0.2) is 66.0 Å². The number of nitrogens with zero attached hydrogens (tertiary/aromatic N) is 1. The van der Waals surface area contributed by atoms with Crippen molar-refractivity contribution in [2.45, 2.75) is 6.36 Å². The van der Waals surface area contributed by atoms with Crippen LogP contribution in [0.25, 0.3) is 10.1 Å². The monoisotopic (exact) mass is 547 g/mol. The molecule has 3 aromatic carbocycles. The number of benzene rings is 3. The van der Waals surface area contributed by atoms with Gasteiger partial charge in [-0.05, 0) is 59.3 Å². The highest BCUT2D eigenvalue weighted by Crippen LogP contribution is 2.39. The summed E-state index contributed by atoms with van der Waals surface area (Å²) in [6, 6.07) is 14.8. The predicted octanol–water partition coefficient (Wildman–Crippen LogP) is 8.00. The maximum atomic E-state index is 12.7. The number of alkyl halides is 3. The first-order valence-corrected chi connectivity index (χ1v) is 12.9. The topological polar surface area (TPSA) is 55.8 Å². The molecule has 1 heterocycles. The van der Waals surface area contributed by atoms with Crippen molar-refractivity contribution >= 4 is 66.0 Å². The summed E-state index contributed by atoms with van der Waals surface area (Å²) in [7, 11) is -3.80. The summed E-state index contributed by atoms with van der Waals surface area (Å²) >= 11 is 13.5. The van der Waals surface area contributed by atoms with Crippen LogP contribution < -0.4 is 13.8 Å². The number of hydrogen-bond donors (Lipinski definition) is 0. The summed E-state index contributed by atoms with van der Waals surface area (Å²) in [5.74, 6) is -0.578. The molecule has 0 amide bonds. The highest BCUT2D eigenvalue weighted by Gasteiger charge is 2.32. The van der Waals surface area contributed by atoms with Gasteiger partial charge in [-0.1, -0.05) is 23.2 Å². The minimum atomic E-state index is -4.94. The summed E-state index contributed by atoms with van der Waals surface area (Å²) in [5, 5.41) is 2.66. The molecule has 1 aromatic heterocycles. The molecule has 0 aliphatic carbocycles. The van der Waals surface area contributed by atoms with Gasteiger partial charge in [0.2, 0.25) is 10.0 Å². The molecule has 0 N–H and O–H groups in total. The van der Waals surface area contributed by atoms with Crippen molar-refractivity contribution in [1.82, 2.24) is 0 Å². The molecule has 0 saturated carbocycles. The van der Waals surface area contributed by atoms with Crippen molar-refractivity contribution in [2.75, 3.05) is 10.6 Å². The lowest BCUT2D eigenvalue weighted by Crippen LogP contribution is -2.24. The molecule has 0 saturated heterocycles. The molecule has 0 aliphatic rings. The molecule has 0 atom stereocenters. The molecule has 12 heteroatoms. The van der Waals surface area contributed by atoms with E-state index < -0.39 is 22.1 Å². The zero-order valence-electron chi connectivity index (χ0n) is 17.1. The molecule has 0 bridgehead atoms. The van der Waals surface area contributed by atoms with E-state index in [4.69, 9.17) is 27.9 Å². The Morgan fingerprint density at radius 3 is 2.38 bits per heavy atom. The summed E-state index contributed by atoms with van der Waals surface area (Å²) in [4.78, 5) is 0. The Labute approximate surface area is 206 Å². The minimum absolute atomic E-state index is 0.0255. The number of sulfonamides is 1. The second kappa shape index (κ2) is 9.18. The third kappa shape index (κ3) is 5.69. The lowest BCUT2D eigenvalue weighted by Gasteiger charge is -2.23. The van der Waals surface area contributed by atoms with Crippen molar-refractivity contribution in [2.24, 2.45) is 0 Å². The Bertz CT molecular complexity index is 1470. The molecule has 0 aliphatic heterocycles. The van der Waals surface area contributed by atoms with Crippen LogP contribution in [0.2, 0.25) is 10.0 Å². The van der Waals surface area contributed by atoms with Crippen LogP contribution >= 0.6 is 34.5 Å². The molecule has 0 spiro atoms. The van der Waals surface area contributed by atoms with E-state index in [2.05, 4.69) is 4.74 Å². The van der Waals surface area contributed by atoms with Crippen molar-refractivity contribution in [3.05, 3.63) is 76.1 Å². The lowest BCUT2D eigenvalue weighted by molar-refractivity contribution is -0.274. The fourth-order valence-electron chi connectivity index (χ4n) is 3.22. The third-order valence-electron chi connectivity index (χ3n) is 4.46. The van der Waals surface area contributed by atoms with Gasteiger partial charge >= 0.3 is 6.36 Å². The minimum Gasteiger partial charge on any atom is -0.457 e. The summed E-state index contributed by atoms with van der Waals surface area (Å²) in [6.07, 6.45) is -3.89. The van der Waals surface area contributed by atoms with Crippen molar-refractivity contribution in [1.29, 1.82) is 0 Å². The zero-order valence-corrected chi connectivity index (χ0v) is 20.3. The van der Waals surface area contributed by atoms with Gasteiger partial charge in [-0.25, -0.2) is 12.7 Å². The number of fused-ring (bicyclic) bond motifs is 1. The van der Waals surface area contributed by atoms with E-state index in [1.807, 2.05) is 17.5 Å². The second-order valence-electron chi connectivity index (χ2n) is 7.06. The SMILES string of the molecule is CS(=O)(=O)N(c1cc(Cl)cc(Oc2ccc(Cl)c(OC(F)(F)F)c2)c1)c1ccc2sccc2c1. The Kier molecular flexibility index (Phi) is 6.61. The van der Waals surface area contributed by atoms with Gasteiger partial charge in [-0.3, -0.25) is 0 Å². The molecule has 4 aromatic rings. The smallest absolute Gasteiger partial charge is 0.457 e. The van der Waals surface area contributed by atoms with E-state index in [-0.39, 0.29) is 27.2 Å². The number of thiophene rings is 1. The van der Waals surface area contributed by atoms with Crippen molar-refractivity contribution in [3.63, 3.8) is 0 Å². The third-order valence-corrected chi connectivity index (χ3v) is 6.97. The van der Waals surface area contributed by atoms with Crippen LogP contribution in [0.5, 0.6) is 17.2 Å². The first-order valence-electron chi connectivity index (χ1n) is 9.40. The van der Waals surface area contributed by atoms with E-state index in [9.17, 15) is 21.6 Å². The zero-order chi connectivity index (χ0) is 24.7. The summed E-state index contributed by atoms with van der Waals surface area (Å²) in [6.45, 7) is 0. The van der Waals surface area contributed by atoms with Crippen LogP contribution in [0, 0.1) is 0 Å². The number of rotatable bonds is 6. The average molecular weight is 548 g/mol. The Hall–Kier alpha value is -2.66. The molecule has 4 rings (SSSR count).